The SMILES string of the molecule is C=CC(O)CCOC(=O)SOc1ccccc1. The average Bonchev–Trinajstić information content (AvgIpc) is 2.37. The Morgan fingerprint density at radius 3 is 2.82 bits per heavy atom. The molecular formula is C12H14O4S. The van der Waals surface area contributed by atoms with Crippen LogP contribution in [0.4, 0.5) is 4.79 Å². The van der Waals surface area contributed by atoms with Gasteiger partial charge in [0.05, 0.1) is 12.7 Å². The third-order valence-electron chi connectivity index (χ3n) is 1.85. The van der Waals surface area contributed by atoms with Crippen molar-refractivity contribution in [1.29, 1.82) is 0 Å². The number of aliphatic hydroxyl groups is 1. The Kier molecular flexibility index (Phi) is 6.21. The van der Waals surface area contributed by atoms with E-state index in [1.807, 2.05) is 18.2 Å². The molecule has 0 saturated heterocycles. The molecule has 5 heteroatoms. The maximum Gasteiger partial charge on any atom is 0.407 e. The lowest BCUT2D eigenvalue weighted by Gasteiger charge is -2.06. The van der Waals surface area contributed by atoms with E-state index in [0.717, 1.165) is 0 Å². The van der Waals surface area contributed by atoms with Gasteiger partial charge in [0.2, 0.25) is 0 Å². The van der Waals surface area contributed by atoms with Crippen LogP contribution in [0.1, 0.15) is 6.42 Å². The van der Waals surface area contributed by atoms with Crippen molar-refractivity contribution in [3.63, 3.8) is 0 Å². The van der Waals surface area contributed by atoms with Crippen LogP contribution < -0.4 is 4.18 Å². The summed E-state index contributed by atoms with van der Waals surface area (Å²) in [6.45, 7) is 3.55. The first kappa shape index (κ1) is 13.6. The molecule has 4 nitrogen and oxygen atoms in total. The Morgan fingerprint density at radius 1 is 1.47 bits per heavy atom. The first-order valence-electron chi connectivity index (χ1n) is 5.09. The van der Waals surface area contributed by atoms with Crippen LogP contribution in [-0.4, -0.2) is 23.1 Å². The lowest BCUT2D eigenvalue weighted by Crippen LogP contribution is -2.09. The van der Waals surface area contributed by atoms with Gasteiger partial charge < -0.3 is 14.0 Å². The van der Waals surface area contributed by atoms with E-state index >= 15 is 0 Å². The molecule has 1 aromatic rings. The molecule has 0 aliphatic carbocycles. The number of carbonyl (C=O) groups is 1. The summed E-state index contributed by atoms with van der Waals surface area (Å²) in [5, 5.41) is 8.59. The number of para-hydroxylation sites is 1. The average molecular weight is 254 g/mol. The highest BCUT2D eigenvalue weighted by Gasteiger charge is 2.07. The predicted octanol–water partition coefficient (Wildman–Crippen LogP) is 2.79. The number of carbonyl (C=O) groups excluding carboxylic acids is 1. The van der Waals surface area contributed by atoms with Gasteiger partial charge in [-0.25, -0.2) is 4.79 Å². The highest BCUT2D eigenvalue weighted by atomic mass is 32.2. The number of rotatable bonds is 6. The fourth-order valence-electron chi connectivity index (χ4n) is 0.963. The summed E-state index contributed by atoms with van der Waals surface area (Å²) >= 11 is 0.620. The quantitative estimate of drug-likeness (QED) is 0.480. The third kappa shape index (κ3) is 5.99. The van der Waals surface area contributed by atoms with E-state index in [4.69, 9.17) is 14.0 Å². The lowest BCUT2D eigenvalue weighted by atomic mass is 10.3. The molecule has 1 rings (SSSR count). The molecule has 0 aliphatic rings. The van der Waals surface area contributed by atoms with Crippen molar-refractivity contribution in [2.75, 3.05) is 6.61 Å². The molecule has 1 unspecified atom stereocenters. The van der Waals surface area contributed by atoms with Gasteiger partial charge in [0.1, 0.15) is 5.75 Å². The molecule has 0 aliphatic heterocycles. The molecule has 17 heavy (non-hydrogen) atoms. The summed E-state index contributed by atoms with van der Waals surface area (Å²) in [4.78, 5) is 11.2. The van der Waals surface area contributed by atoms with Crippen molar-refractivity contribution < 1.29 is 18.8 Å². The van der Waals surface area contributed by atoms with Crippen LogP contribution in [0.25, 0.3) is 0 Å². The summed E-state index contributed by atoms with van der Waals surface area (Å²) in [5.41, 5.74) is 0. The highest BCUT2D eigenvalue weighted by Crippen LogP contribution is 2.16. The zero-order valence-electron chi connectivity index (χ0n) is 9.24. The van der Waals surface area contributed by atoms with Crippen LogP contribution in [0.5, 0.6) is 5.75 Å². The number of hydrogen-bond donors (Lipinski definition) is 1. The van der Waals surface area contributed by atoms with Crippen LogP contribution in [0.15, 0.2) is 43.0 Å². The first-order valence-corrected chi connectivity index (χ1v) is 5.83. The van der Waals surface area contributed by atoms with Crippen molar-refractivity contribution in [2.45, 2.75) is 12.5 Å². The van der Waals surface area contributed by atoms with Crippen molar-refractivity contribution >= 4 is 17.3 Å². The van der Waals surface area contributed by atoms with Gasteiger partial charge >= 0.3 is 5.30 Å². The van der Waals surface area contributed by atoms with E-state index in [0.29, 0.717) is 24.2 Å². The zero-order chi connectivity index (χ0) is 12.5. The fraction of sp³-hybridized carbons (Fsp3) is 0.250. The molecule has 0 fully saturated rings. The van der Waals surface area contributed by atoms with Crippen LogP contribution in [0, 0.1) is 0 Å². The highest BCUT2D eigenvalue weighted by molar-refractivity contribution is 8.09. The maximum absolute atomic E-state index is 11.2. The normalized spacial score (nSPS) is 11.6. The zero-order valence-corrected chi connectivity index (χ0v) is 10.1. The van der Waals surface area contributed by atoms with Gasteiger partial charge in [-0.1, -0.05) is 24.3 Å². The Labute approximate surface area is 104 Å². The minimum Gasteiger partial charge on any atom is -0.455 e. The summed E-state index contributed by atoms with van der Waals surface area (Å²) in [6.07, 6.45) is 1.07. The van der Waals surface area contributed by atoms with Gasteiger partial charge in [0.25, 0.3) is 0 Å². The van der Waals surface area contributed by atoms with E-state index in [1.165, 1.54) is 6.08 Å². The Hall–Kier alpha value is -1.46. The van der Waals surface area contributed by atoms with Crippen LogP contribution in [-0.2, 0) is 4.74 Å². The molecule has 0 amide bonds. The fourth-order valence-corrected chi connectivity index (χ4v) is 1.37. The second kappa shape index (κ2) is 7.76. The summed E-state index contributed by atoms with van der Waals surface area (Å²) < 4.78 is 9.94. The van der Waals surface area contributed by atoms with Crippen molar-refractivity contribution in [3.05, 3.63) is 43.0 Å². The molecule has 1 aromatic carbocycles. The van der Waals surface area contributed by atoms with E-state index in [9.17, 15) is 4.79 Å². The first-order chi connectivity index (χ1) is 8.22. The lowest BCUT2D eigenvalue weighted by molar-refractivity contribution is 0.141. The van der Waals surface area contributed by atoms with Crippen LogP contribution in [0.2, 0.25) is 0 Å². The summed E-state index contributed by atoms with van der Waals surface area (Å²) in [5.74, 6) is 0.584. The van der Waals surface area contributed by atoms with E-state index in [2.05, 4.69) is 6.58 Å². The molecule has 92 valence electrons. The van der Waals surface area contributed by atoms with Gasteiger partial charge in [-0.2, -0.15) is 0 Å². The second-order valence-corrected chi connectivity index (χ2v) is 3.84. The van der Waals surface area contributed by atoms with E-state index < -0.39 is 11.4 Å². The number of benzene rings is 1. The standard InChI is InChI=1S/C12H14O4S/c1-2-10(13)8-9-15-12(14)17-16-11-6-4-3-5-7-11/h2-7,10,13H,1,8-9H2. The summed E-state index contributed by atoms with van der Waals surface area (Å²) in [6, 6.07) is 8.94. The molecule has 0 radical (unpaired) electrons. The van der Waals surface area contributed by atoms with Gasteiger partial charge in [-0.15, -0.1) is 6.58 Å². The van der Waals surface area contributed by atoms with Gasteiger partial charge in [-0.05, 0) is 12.1 Å². The maximum atomic E-state index is 11.2. The molecule has 0 spiro atoms. The van der Waals surface area contributed by atoms with E-state index in [1.54, 1.807) is 12.1 Å². The topological polar surface area (TPSA) is 55.8 Å². The number of hydrogen-bond acceptors (Lipinski definition) is 5. The minimum absolute atomic E-state index is 0.136. The Bertz CT molecular complexity index is 353. The molecule has 0 bridgehead atoms. The van der Waals surface area contributed by atoms with Gasteiger partial charge in [0.15, 0.2) is 12.0 Å². The summed E-state index contributed by atoms with van der Waals surface area (Å²) in [7, 11) is 0. The molecule has 1 N–H and O–H groups in total. The van der Waals surface area contributed by atoms with Gasteiger partial charge in [0, 0.05) is 6.42 Å². The second-order valence-electron chi connectivity index (χ2n) is 3.17. The molecule has 0 heterocycles. The smallest absolute Gasteiger partial charge is 0.407 e. The molecular weight excluding hydrogens is 240 g/mol. The number of aliphatic hydroxyl groups excluding tert-OH is 1. The minimum atomic E-state index is -0.650. The van der Waals surface area contributed by atoms with Crippen molar-refractivity contribution in [3.8, 4) is 5.75 Å². The van der Waals surface area contributed by atoms with Crippen LogP contribution in [0.3, 0.4) is 0 Å². The Morgan fingerprint density at radius 2 is 2.18 bits per heavy atom. The van der Waals surface area contributed by atoms with Crippen molar-refractivity contribution in [2.24, 2.45) is 0 Å². The predicted molar refractivity (Wildman–Crippen MR) is 66.8 cm³/mol. The van der Waals surface area contributed by atoms with Crippen LogP contribution >= 0.6 is 12.0 Å². The monoisotopic (exact) mass is 254 g/mol. The molecule has 1 atom stereocenters. The molecule has 0 saturated carbocycles. The van der Waals surface area contributed by atoms with E-state index in [-0.39, 0.29) is 6.61 Å². The Balaban J connectivity index is 2.15. The molecule has 0 aromatic heterocycles. The largest absolute Gasteiger partial charge is 0.455 e. The number of ether oxygens (including phenoxy) is 1. The third-order valence-corrected chi connectivity index (χ3v) is 2.38. The van der Waals surface area contributed by atoms with Gasteiger partial charge in [-0.3, -0.25) is 0 Å². The van der Waals surface area contributed by atoms with Crippen molar-refractivity contribution in [1.82, 2.24) is 0 Å².